The molecule has 1 amide bonds. The fourth-order valence-corrected chi connectivity index (χ4v) is 4.24. The first-order valence-electron chi connectivity index (χ1n) is 7.29. The SMILES string of the molecule is O=C(CCc1cccc(O)c1)N1CCC2(CC1)CC2Br. The summed E-state index contributed by atoms with van der Waals surface area (Å²) < 4.78 is 0. The molecule has 2 aliphatic rings. The van der Waals surface area contributed by atoms with Crippen LogP contribution in [0.2, 0.25) is 0 Å². The first kappa shape index (κ1) is 13.9. The van der Waals surface area contributed by atoms with Gasteiger partial charge in [-0.3, -0.25) is 4.79 Å². The molecule has 0 radical (unpaired) electrons. The molecule has 20 heavy (non-hydrogen) atoms. The van der Waals surface area contributed by atoms with Crippen LogP contribution in [0.25, 0.3) is 0 Å². The van der Waals surface area contributed by atoms with E-state index < -0.39 is 0 Å². The second kappa shape index (κ2) is 5.40. The van der Waals surface area contributed by atoms with Gasteiger partial charge >= 0.3 is 0 Å². The quantitative estimate of drug-likeness (QED) is 0.861. The van der Waals surface area contributed by atoms with E-state index in [1.54, 1.807) is 12.1 Å². The zero-order valence-electron chi connectivity index (χ0n) is 11.5. The van der Waals surface area contributed by atoms with Gasteiger partial charge in [0.05, 0.1) is 0 Å². The number of alkyl halides is 1. The van der Waals surface area contributed by atoms with Crippen molar-refractivity contribution in [1.82, 2.24) is 4.90 Å². The van der Waals surface area contributed by atoms with E-state index in [-0.39, 0.29) is 11.7 Å². The maximum absolute atomic E-state index is 12.2. The number of benzene rings is 1. The van der Waals surface area contributed by atoms with Gasteiger partial charge in [0.15, 0.2) is 0 Å². The molecule has 1 N–H and O–H groups in total. The number of halogens is 1. The van der Waals surface area contributed by atoms with Gasteiger partial charge in [0.25, 0.3) is 0 Å². The molecule has 1 atom stereocenters. The van der Waals surface area contributed by atoms with Gasteiger partial charge in [-0.1, -0.05) is 28.1 Å². The van der Waals surface area contributed by atoms with E-state index in [9.17, 15) is 9.90 Å². The number of rotatable bonds is 3. The highest BCUT2D eigenvalue weighted by Gasteiger charge is 2.53. The number of phenolic OH excluding ortho intramolecular Hbond substituents is 1. The van der Waals surface area contributed by atoms with Gasteiger partial charge in [-0.05, 0) is 48.8 Å². The van der Waals surface area contributed by atoms with Crippen molar-refractivity contribution in [3.05, 3.63) is 29.8 Å². The number of aromatic hydroxyl groups is 1. The molecule has 1 spiro atoms. The number of amides is 1. The molecule has 2 fully saturated rings. The summed E-state index contributed by atoms with van der Waals surface area (Å²) in [6.45, 7) is 1.81. The van der Waals surface area contributed by atoms with Crippen LogP contribution in [0.15, 0.2) is 24.3 Å². The maximum Gasteiger partial charge on any atom is 0.222 e. The minimum absolute atomic E-state index is 0.245. The average molecular weight is 338 g/mol. The van der Waals surface area contributed by atoms with Gasteiger partial charge in [-0.15, -0.1) is 0 Å². The molecule has 108 valence electrons. The van der Waals surface area contributed by atoms with Crippen molar-refractivity contribution in [3.8, 4) is 5.75 Å². The van der Waals surface area contributed by atoms with Crippen molar-refractivity contribution in [2.75, 3.05) is 13.1 Å². The van der Waals surface area contributed by atoms with Crippen LogP contribution < -0.4 is 0 Å². The highest BCUT2D eigenvalue weighted by molar-refractivity contribution is 9.09. The van der Waals surface area contributed by atoms with E-state index in [2.05, 4.69) is 15.9 Å². The topological polar surface area (TPSA) is 40.5 Å². The Morgan fingerprint density at radius 1 is 1.40 bits per heavy atom. The molecular formula is C16H20BrNO2. The number of likely N-dealkylation sites (tertiary alicyclic amines) is 1. The van der Waals surface area contributed by atoms with Crippen LogP contribution in [0.4, 0.5) is 0 Å². The summed E-state index contributed by atoms with van der Waals surface area (Å²) in [4.78, 5) is 14.9. The standard InChI is InChI=1S/C16H20BrNO2/c17-14-11-16(14)6-8-18(9-7-16)15(20)5-4-12-2-1-3-13(19)10-12/h1-3,10,14,19H,4-9,11H2. The molecule has 3 nitrogen and oxygen atoms in total. The van der Waals surface area contributed by atoms with Crippen molar-refractivity contribution >= 4 is 21.8 Å². The van der Waals surface area contributed by atoms with Crippen LogP contribution in [-0.4, -0.2) is 33.8 Å². The molecule has 1 unspecified atom stereocenters. The molecule has 1 aromatic carbocycles. The summed E-state index contributed by atoms with van der Waals surface area (Å²) in [6.07, 6.45) is 4.80. The van der Waals surface area contributed by atoms with Gasteiger partial charge in [0.1, 0.15) is 5.75 Å². The molecule has 1 heterocycles. The van der Waals surface area contributed by atoms with E-state index >= 15 is 0 Å². The lowest BCUT2D eigenvalue weighted by Gasteiger charge is -2.32. The van der Waals surface area contributed by atoms with Crippen molar-refractivity contribution in [2.24, 2.45) is 5.41 Å². The van der Waals surface area contributed by atoms with E-state index in [1.165, 1.54) is 6.42 Å². The predicted octanol–water partition coefficient (Wildman–Crippen LogP) is 3.10. The normalized spacial score (nSPS) is 23.9. The lowest BCUT2D eigenvalue weighted by atomic mass is 9.93. The first-order valence-corrected chi connectivity index (χ1v) is 8.20. The summed E-state index contributed by atoms with van der Waals surface area (Å²) in [5.74, 6) is 0.516. The van der Waals surface area contributed by atoms with Crippen LogP contribution in [0.1, 0.15) is 31.2 Å². The molecule has 3 rings (SSSR count). The zero-order chi connectivity index (χ0) is 14.2. The summed E-state index contributed by atoms with van der Waals surface area (Å²) in [6, 6.07) is 7.17. The predicted molar refractivity (Wildman–Crippen MR) is 82.0 cm³/mol. The van der Waals surface area contributed by atoms with Crippen molar-refractivity contribution < 1.29 is 9.90 Å². The van der Waals surface area contributed by atoms with Crippen LogP contribution in [-0.2, 0) is 11.2 Å². The van der Waals surface area contributed by atoms with E-state index in [0.717, 1.165) is 31.5 Å². The smallest absolute Gasteiger partial charge is 0.222 e. The summed E-state index contributed by atoms with van der Waals surface area (Å²) in [5, 5.41) is 9.42. The number of carbonyl (C=O) groups is 1. The number of carbonyl (C=O) groups excluding carboxylic acids is 1. The Labute approximate surface area is 128 Å². The number of hydrogen-bond donors (Lipinski definition) is 1. The highest BCUT2D eigenvalue weighted by atomic mass is 79.9. The van der Waals surface area contributed by atoms with E-state index in [0.29, 0.717) is 23.1 Å². The summed E-state index contributed by atoms with van der Waals surface area (Å²) in [7, 11) is 0. The highest BCUT2D eigenvalue weighted by Crippen LogP contribution is 2.58. The lowest BCUT2D eigenvalue weighted by molar-refractivity contribution is -0.132. The van der Waals surface area contributed by atoms with Crippen molar-refractivity contribution in [1.29, 1.82) is 0 Å². The maximum atomic E-state index is 12.2. The Morgan fingerprint density at radius 2 is 2.10 bits per heavy atom. The first-order chi connectivity index (χ1) is 9.59. The monoisotopic (exact) mass is 337 g/mol. The molecule has 0 aromatic heterocycles. The molecule has 1 aliphatic heterocycles. The molecule has 1 aromatic rings. The number of nitrogens with zero attached hydrogens (tertiary/aromatic N) is 1. The van der Waals surface area contributed by atoms with Crippen LogP contribution in [0.5, 0.6) is 5.75 Å². The fourth-order valence-electron chi connectivity index (χ4n) is 3.14. The largest absolute Gasteiger partial charge is 0.508 e. The molecule has 1 saturated carbocycles. The average Bonchev–Trinajstić information content (AvgIpc) is 3.06. The van der Waals surface area contributed by atoms with Gasteiger partial charge in [0.2, 0.25) is 5.91 Å². The minimum Gasteiger partial charge on any atom is -0.508 e. The van der Waals surface area contributed by atoms with Gasteiger partial charge in [0, 0.05) is 24.3 Å². The Kier molecular flexibility index (Phi) is 3.76. The van der Waals surface area contributed by atoms with Crippen molar-refractivity contribution in [2.45, 2.75) is 36.9 Å². The van der Waals surface area contributed by atoms with E-state index in [1.807, 2.05) is 17.0 Å². The van der Waals surface area contributed by atoms with E-state index in [4.69, 9.17) is 0 Å². The van der Waals surface area contributed by atoms with Crippen LogP contribution in [0.3, 0.4) is 0 Å². The molecular weight excluding hydrogens is 318 g/mol. The fraction of sp³-hybridized carbons (Fsp3) is 0.562. The molecule has 1 aliphatic carbocycles. The Hall–Kier alpha value is -1.03. The molecule has 0 bridgehead atoms. The third-order valence-corrected chi connectivity index (χ3v) is 6.04. The van der Waals surface area contributed by atoms with Gasteiger partial charge in [-0.2, -0.15) is 0 Å². The lowest BCUT2D eigenvalue weighted by Crippen LogP contribution is -2.39. The van der Waals surface area contributed by atoms with Gasteiger partial charge in [-0.25, -0.2) is 0 Å². The van der Waals surface area contributed by atoms with Crippen molar-refractivity contribution in [3.63, 3.8) is 0 Å². The number of aryl methyl sites for hydroxylation is 1. The molecule has 1 saturated heterocycles. The summed E-state index contributed by atoms with van der Waals surface area (Å²) >= 11 is 3.70. The Bertz CT molecular complexity index is 509. The number of piperidine rings is 1. The second-order valence-electron chi connectivity index (χ2n) is 6.08. The third-order valence-electron chi connectivity index (χ3n) is 4.74. The summed E-state index contributed by atoms with van der Waals surface area (Å²) in [5.41, 5.74) is 1.52. The Morgan fingerprint density at radius 3 is 2.70 bits per heavy atom. The van der Waals surface area contributed by atoms with Crippen LogP contribution >= 0.6 is 15.9 Å². The number of hydrogen-bond acceptors (Lipinski definition) is 2. The molecule has 4 heteroatoms. The third kappa shape index (κ3) is 2.85. The minimum atomic E-state index is 0.245. The second-order valence-corrected chi connectivity index (χ2v) is 7.19. The zero-order valence-corrected chi connectivity index (χ0v) is 13.1. The van der Waals surface area contributed by atoms with Gasteiger partial charge < -0.3 is 10.0 Å². The van der Waals surface area contributed by atoms with Crippen LogP contribution in [0, 0.1) is 5.41 Å². The Balaban J connectivity index is 1.48. The number of phenols is 1.